The van der Waals surface area contributed by atoms with Crippen LogP contribution >= 0.6 is 0 Å². The fraction of sp³-hybridized carbons (Fsp3) is 0.556. The van der Waals surface area contributed by atoms with Crippen LogP contribution in [0.5, 0.6) is 0 Å². The van der Waals surface area contributed by atoms with Gasteiger partial charge in [0.1, 0.15) is 22.4 Å². The van der Waals surface area contributed by atoms with E-state index in [1.54, 1.807) is 12.1 Å². The molecule has 128 valence electrons. The Morgan fingerprint density at radius 2 is 2.08 bits per heavy atom. The number of amides is 1. The van der Waals surface area contributed by atoms with Crippen LogP contribution in [0.2, 0.25) is 0 Å². The number of fused-ring (bicyclic) bond motifs is 3. The standard InChI is InChI=1S/C18H21FN2O3/c1-17(2,3)24-16(22)21-11-6-8-18(21,9-7-11)14-10-12-13(23-14)4-5-15(19)20-12/h4-5,10-11H,6-9H2,1-3H3. The van der Waals surface area contributed by atoms with E-state index in [2.05, 4.69) is 4.98 Å². The van der Waals surface area contributed by atoms with Gasteiger partial charge in [0.15, 0.2) is 5.58 Å². The van der Waals surface area contributed by atoms with Crippen molar-refractivity contribution in [1.29, 1.82) is 0 Å². The SMILES string of the molecule is CC(C)(C)OC(=O)N1C2CCC1(c1cc3nc(F)ccc3o1)CC2. The van der Waals surface area contributed by atoms with Crippen LogP contribution in [0.15, 0.2) is 22.6 Å². The van der Waals surface area contributed by atoms with Crippen LogP contribution in [-0.2, 0) is 10.3 Å². The molecule has 2 aromatic rings. The van der Waals surface area contributed by atoms with Gasteiger partial charge in [-0.15, -0.1) is 0 Å². The molecule has 2 bridgehead atoms. The summed E-state index contributed by atoms with van der Waals surface area (Å²) in [6.07, 6.45) is 3.22. The highest BCUT2D eigenvalue weighted by Gasteiger charge is 2.57. The molecule has 2 fully saturated rings. The Balaban J connectivity index is 1.74. The van der Waals surface area contributed by atoms with Gasteiger partial charge in [-0.1, -0.05) is 0 Å². The van der Waals surface area contributed by atoms with Crippen molar-refractivity contribution >= 4 is 17.2 Å². The number of ether oxygens (including phenoxy) is 1. The maximum atomic E-state index is 13.4. The lowest BCUT2D eigenvalue weighted by molar-refractivity contribution is 0.00559. The number of hydrogen-bond donors (Lipinski definition) is 0. The molecule has 4 heterocycles. The highest BCUT2D eigenvalue weighted by atomic mass is 19.1. The Morgan fingerprint density at radius 1 is 1.38 bits per heavy atom. The van der Waals surface area contributed by atoms with Crippen LogP contribution in [0.3, 0.4) is 0 Å². The average Bonchev–Trinajstić information content (AvgIpc) is 3.15. The van der Waals surface area contributed by atoms with Crippen LogP contribution in [0.4, 0.5) is 9.18 Å². The van der Waals surface area contributed by atoms with Gasteiger partial charge in [-0.3, -0.25) is 4.90 Å². The fourth-order valence-electron chi connectivity index (χ4n) is 4.06. The number of rotatable bonds is 1. The molecule has 1 amide bonds. The molecule has 0 spiro atoms. The Labute approximate surface area is 139 Å². The first-order valence-electron chi connectivity index (χ1n) is 8.37. The van der Waals surface area contributed by atoms with E-state index in [0.717, 1.165) is 25.7 Å². The van der Waals surface area contributed by atoms with Crippen molar-refractivity contribution in [3.8, 4) is 0 Å². The number of hydrogen-bond acceptors (Lipinski definition) is 4. The molecule has 5 nitrogen and oxygen atoms in total. The van der Waals surface area contributed by atoms with Crippen LogP contribution in [0.25, 0.3) is 11.1 Å². The van der Waals surface area contributed by atoms with E-state index in [4.69, 9.17) is 9.15 Å². The number of aromatic nitrogens is 1. The van der Waals surface area contributed by atoms with Crippen molar-refractivity contribution in [1.82, 2.24) is 9.88 Å². The van der Waals surface area contributed by atoms with Gasteiger partial charge in [0.25, 0.3) is 0 Å². The van der Waals surface area contributed by atoms with E-state index in [9.17, 15) is 9.18 Å². The average molecular weight is 332 g/mol. The van der Waals surface area contributed by atoms with Gasteiger partial charge in [-0.05, 0) is 58.6 Å². The molecule has 2 aliphatic heterocycles. The summed E-state index contributed by atoms with van der Waals surface area (Å²) in [7, 11) is 0. The number of carbonyl (C=O) groups is 1. The van der Waals surface area contributed by atoms with Crippen molar-refractivity contribution in [2.45, 2.75) is 63.6 Å². The van der Waals surface area contributed by atoms with E-state index < -0.39 is 17.1 Å². The normalized spacial score (nSPS) is 26.3. The van der Waals surface area contributed by atoms with Crippen molar-refractivity contribution in [2.24, 2.45) is 0 Å². The molecular weight excluding hydrogens is 311 g/mol. The molecule has 0 unspecified atom stereocenters. The van der Waals surface area contributed by atoms with E-state index >= 15 is 0 Å². The summed E-state index contributed by atoms with van der Waals surface area (Å²) in [5.74, 6) is 0.147. The van der Waals surface area contributed by atoms with E-state index in [1.807, 2.05) is 25.7 Å². The largest absolute Gasteiger partial charge is 0.457 e. The summed E-state index contributed by atoms with van der Waals surface area (Å²) in [5, 5.41) is 0. The van der Waals surface area contributed by atoms with E-state index in [1.165, 1.54) is 6.07 Å². The lowest BCUT2D eigenvalue weighted by atomic mass is 9.86. The number of nitrogens with zero attached hydrogens (tertiary/aromatic N) is 2. The highest BCUT2D eigenvalue weighted by molar-refractivity contribution is 5.75. The predicted octanol–water partition coefficient (Wildman–Crippen LogP) is 4.36. The monoisotopic (exact) mass is 332 g/mol. The van der Waals surface area contributed by atoms with Crippen LogP contribution < -0.4 is 0 Å². The summed E-state index contributed by atoms with van der Waals surface area (Å²) >= 11 is 0. The summed E-state index contributed by atoms with van der Waals surface area (Å²) < 4.78 is 24.9. The van der Waals surface area contributed by atoms with Crippen molar-refractivity contribution in [3.63, 3.8) is 0 Å². The minimum Gasteiger partial charge on any atom is -0.457 e. The first-order chi connectivity index (χ1) is 11.3. The third kappa shape index (κ3) is 2.27. The summed E-state index contributed by atoms with van der Waals surface area (Å²) in [6.45, 7) is 5.59. The second-order valence-electron chi connectivity index (χ2n) is 7.74. The smallest absolute Gasteiger partial charge is 0.411 e. The zero-order valence-electron chi connectivity index (χ0n) is 14.1. The molecule has 0 N–H and O–H groups in total. The summed E-state index contributed by atoms with van der Waals surface area (Å²) in [5.41, 5.74) is -0.0117. The third-order valence-corrected chi connectivity index (χ3v) is 5.00. The Morgan fingerprint density at radius 3 is 2.75 bits per heavy atom. The lowest BCUT2D eigenvalue weighted by Gasteiger charge is -2.34. The molecule has 0 aliphatic carbocycles. The molecule has 6 heteroatoms. The molecule has 0 radical (unpaired) electrons. The molecule has 0 aromatic carbocycles. The number of furan rings is 1. The van der Waals surface area contributed by atoms with Crippen LogP contribution in [0.1, 0.15) is 52.2 Å². The van der Waals surface area contributed by atoms with Crippen molar-refractivity contribution in [2.75, 3.05) is 0 Å². The molecule has 2 saturated heterocycles. The Bertz CT molecular complexity index is 800. The minimum atomic E-state index is -0.543. The fourth-order valence-corrected chi connectivity index (χ4v) is 4.06. The van der Waals surface area contributed by atoms with Crippen molar-refractivity contribution < 1.29 is 18.3 Å². The molecule has 4 rings (SSSR count). The van der Waals surface area contributed by atoms with Gasteiger partial charge in [0, 0.05) is 12.1 Å². The summed E-state index contributed by atoms with van der Waals surface area (Å²) in [6, 6.07) is 4.81. The first-order valence-corrected chi connectivity index (χ1v) is 8.37. The molecule has 24 heavy (non-hydrogen) atoms. The van der Waals surface area contributed by atoms with Gasteiger partial charge in [0.2, 0.25) is 5.95 Å². The second-order valence-corrected chi connectivity index (χ2v) is 7.74. The summed E-state index contributed by atoms with van der Waals surface area (Å²) in [4.78, 5) is 18.5. The minimum absolute atomic E-state index is 0.178. The van der Waals surface area contributed by atoms with Gasteiger partial charge >= 0.3 is 6.09 Å². The predicted molar refractivity (Wildman–Crippen MR) is 86.0 cm³/mol. The van der Waals surface area contributed by atoms with Gasteiger partial charge in [-0.25, -0.2) is 9.78 Å². The first kappa shape index (κ1) is 15.4. The molecule has 2 aliphatic rings. The molecule has 0 atom stereocenters. The third-order valence-electron chi connectivity index (χ3n) is 5.00. The van der Waals surface area contributed by atoms with Gasteiger partial charge < -0.3 is 9.15 Å². The topological polar surface area (TPSA) is 55.6 Å². The Kier molecular flexibility index (Phi) is 3.18. The molecule has 2 aromatic heterocycles. The quantitative estimate of drug-likeness (QED) is 0.728. The van der Waals surface area contributed by atoms with Gasteiger partial charge in [0.05, 0.1) is 0 Å². The number of pyridine rings is 1. The molecule has 0 saturated carbocycles. The van der Waals surface area contributed by atoms with Crippen molar-refractivity contribution in [3.05, 3.63) is 29.9 Å². The van der Waals surface area contributed by atoms with Crippen LogP contribution in [-0.4, -0.2) is 27.6 Å². The maximum absolute atomic E-state index is 13.4. The highest BCUT2D eigenvalue weighted by Crippen LogP contribution is 2.54. The maximum Gasteiger partial charge on any atom is 0.411 e. The number of halogens is 1. The Hall–Kier alpha value is -2.11. The zero-order valence-corrected chi connectivity index (χ0v) is 14.1. The van der Waals surface area contributed by atoms with E-state index in [-0.39, 0.29) is 12.1 Å². The molecular formula is C18H21FN2O3. The van der Waals surface area contributed by atoms with E-state index in [0.29, 0.717) is 16.9 Å². The number of carbonyl (C=O) groups excluding carboxylic acids is 1. The zero-order chi connectivity index (χ0) is 17.1. The van der Waals surface area contributed by atoms with Crippen LogP contribution in [0, 0.1) is 5.95 Å². The lowest BCUT2D eigenvalue weighted by Crippen LogP contribution is -2.45. The second kappa shape index (κ2) is 4.94. The van der Waals surface area contributed by atoms with Gasteiger partial charge in [-0.2, -0.15) is 4.39 Å².